The second-order valence-electron chi connectivity index (χ2n) is 4.17. The maximum absolute atomic E-state index is 12.2. The number of hydrogen-bond acceptors (Lipinski definition) is 3. The zero-order chi connectivity index (χ0) is 13.1. The number of nitrogens with zero attached hydrogens (tertiary/aromatic N) is 5. The van der Waals surface area contributed by atoms with Crippen LogP contribution in [0.1, 0.15) is 23.1 Å². The smallest absolute Gasteiger partial charge is 0.272 e. The number of carbonyl (C=O) groups is 1. The molecule has 1 amide bonds. The summed E-state index contributed by atoms with van der Waals surface area (Å²) in [4.78, 5) is 13.9. The summed E-state index contributed by atoms with van der Waals surface area (Å²) in [6, 6.07) is 3.64. The van der Waals surface area contributed by atoms with Crippen LogP contribution >= 0.6 is 0 Å². The van der Waals surface area contributed by atoms with Crippen LogP contribution in [0.2, 0.25) is 0 Å². The summed E-state index contributed by atoms with van der Waals surface area (Å²) < 4.78 is 3.42. The van der Waals surface area contributed by atoms with Crippen LogP contribution in [-0.2, 0) is 20.1 Å². The minimum Gasteiger partial charge on any atom is -0.334 e. The normalized spacial score (nSPS) is 10.6. The van der Waals surface area contributed by atoms with E-state index < -0.39 is 0 Å². The molecule has 2 rings (SSSR count). The van der Waals surface area contributed by atoms with Gasteiger partial charge in [-0.25, -0.2) is 0 Å². The predicted molar refractivity (Wildman–Crippen MR) is 66.9 cm³/mol. The zero-order valence-electron chi connectivity index (χ0n) is 10.9. The summed E-state index contributed by atoms with van der Waals surface area (Å²) in [6.45, 7) is 3.14. The molecule has 2 aromatic rings. The van der Waals surface area contributed by atoms with Crippen molar-refractivity contribution in [3.63, 3.8) is 0 Å². The lowest BCUT2D eigenvalue weighted by molar-refractivity contribution is 0.0771. The van der Waals surface area contributed by atoms with Crippen molar-refractivity contribution >= 4 is 5.91 Å². The molecule has 6 nitrogen and oxygen atoms in total. The summed E-state index contributed by atoms with van der Waals surface area (Å²) >= 11 is 0. The number of aromatic nitrogens is 4. The van der Waals surface area contributed by atoms with Gasteiger partial charge < -0.3 is 4.90 Å². The van der Waals surface area contributed by atoms with Crippen LogP contribution in [-0.4, -0.2) is 37.4 Å². The number of amides is 1. The van der Waals surface area contributed by atoms with Gasteiger partial charge in [0, 0.05) is 33.0 Å². The van der Waals surface area contributed by atoms with Crippen molar-refractivity contribution in [3.8, 4) is 0 Å². The second-order valence-corrected chi connectivity index (χ2v) is 4.17. The van der Waals surface area contributed by atoms with Crippen molar-refractivity contribution in [1.82, 2.24) is 24.5 Å². The van der Waals surface area contributed by atoms with Crippen molar-refractivity contribution in [2.24, 2.45) is 7.05 Å². The van der Waals surface area contributed by atoms with Gasteiger partial charge in [0.15, 0.2) is 0 Å². The highest BCUT2D eigenvalue weighted by Gasteiger charge is 2.16. The van der Waals surface area contributed by atoms with E-state index in [1.165, 1.54) is 0 Å². The van der Waals surface area contributed by atoms with Crippen molar-refractivity contribution in [1.29, 1.82) is 0 Å². The molecule has 0 N–H and O–H groups in total. The molecule has 0 aliphatic carbocycles. The first-order chi connectivity index (χ1) is 8.61. The van der Waals surface area contributed by atoms with E-state index in [0.717, 1.165) is 5.69 Å². The molecule has 0 radical (unpaired) electrons. The van der Waals surface area contributed by atoms with Gasteiger partial charge in [-0.3, -0.25) is 14.2 Å². The molecule has 0 aliphatic heterocycles. The van der Waals surface area contributed by atoms with E-state index in [1.807, 2.05) is 26.2 Å². The lowest BCUT2D eigenvalue weighted by atomic mass is 10.3. The molecule has 0 aliphatic rings. The summed E-state index contributed by atoms with van der Waals surface area (Å²) in [5, 5.41) is 8.36. The largest absolute Gasteiger partial charge is 0.334 e. The third-order valence-corrected chi connectivity index (χ3v) is 2.75. The fraction of sp³-hybridized carbons (Fsp3) is 0.417. The monoisotopic (exact) mass is 247 g/mol. The van der Waals surface area contributed by atoms with Crippen LogP contribution in [0.3, 0.4) is 0 Å². The molecular weight excluding hydrogens is 230 g/mol. The Balaban J connectivity index is 2.09. The number of aryl methyl sites for hydroxylation is 2. The maximum atomic E-state index is 12.2. The summed E-state index contributed by atoms with van der Waals surface area (Å²) in [5.74, 6) is -0.0417. The van der Waals surface area contributed by atoms with Gasteiger partial charge in [-0.1, -0.05) is 0 Å². The van der Waals surface area contributed by atoms with Crippen LogP contribution in [0, 0.1) is 0 Å². The fourth-order valence-corrected chi connectivity index (χ4v) is 1.82. The Kier molecular flexibility index (Phi) is 3.45. The van der Waals surface area contributed by atoms with Crippen LogP contribution in [0.15, 0.2) is 24.5 Å². The molecule has 0 unspecified atom stereocenters. The Labute approximate surface area is 106 Å². The Morgan fingerprint density at radius 1 is 1.44 bits per heavy atom. The zero-order valence-corrected chi connectivity index (χ0v) is 10.9. The van der Waals surface area contributed by atoms with E-state index in [4.69, 9.17) is 0 Å². The third-order valence-electron chi connectivity index (χ3n) is 2.75. The first-order valence-corrected chi connectivity index (χ1v) is 5.87. The van der Waals surface area contributed by atoms with Crippen LogP contribution in [0.5, 0.6) is 0 Å². The Morgan fingerprint density at radius 3 is 2.83 bits per heavy atom. The van der Waals surface area contributed by atoms with E-state index in [0.29, 0.717) is 18.8 Å². The van der Waals surface area contributed by atoms with Gasteiger partial charge in [0.05, 0.1) is 12.2 Å². The number of hydrogen-bond donors (Lipinski definition) is 0. The van der Waals surface area contributed by atoms with Crippen molar-refractivity contribution < 1.29 is 4.79 Å². The predicted octanol–water partition coefficient (Wildman–Crippen LogP) is 0.909. The van der Waals surface area contributed by atoms with Gasteiger partial charge in [0.2, 0.25) is 0 Å². The van der Waals surface area contributed by atoms with Gasteiger partial charge in [0.25, 0.3) is 5.91 Å². The van der Waals surface area contributed by atoms with E-state index >= 15 is 0 Å². The highest BCUT2D eigenvalue weighted by molar-refractivity contribution is 5.92. The van der Waals surface area contributed by atoms with Gasteiger partial charge in [-0.2, -0.15) is 10.2 Å². The summed E-state index contributed by atoms with van der Waals surface area (Å²) in [5.41, 5.74) is 1.48. The quantitative estimate of drug-likeness (QED) is 0.807. The minimum absolute atomic E-state index is 0.0417. The molecule has 0 saturated heterocycles. The summed E-state index contributed by atoms with van der Waals surface area (Å²) in [7, 11) is 3.63. The molecule has 0 spiro atoms. The Hall–Kier alpha value is -2.11. The van der Waals surface area contributed by atoms with Gasteiger partial charge >= 0.3 is 0 Å². The topological polar surface area (TPSA) is 56.0 Å². The molecule has 18 heavy (non-hydrogen) atoms. The number of carbonyl (C=O) groups excluding carboxylic acids is 1. The molecule has 96 valence electrons. The van der Waals surface area contributed by atoms with E-state index in [1.54, 1.807) is 33.6 Å². The van der Waals surface area contributed by atoms with E-state index in [9.17, 15) is 4.79 Å². The average molecular weight is 247 g/mol. The molecule has 0 atom stereocenters. The van der Waals surface area contributed by atoms with E-state index in [2.05, 4.69) is 10.2 Å². The number of rotatable bonds is 4. The van der Waals surface area contributed by atoms with E-state index in [-0.39, 0.29) is 5.91 Å². The average Bonchev–Trinajstić information content (AvgIpc) is 2.96. The molecule has 0 aromatic carbocycles. The lowest BCUT2D eigenvalue weighted by Crippen LogP contribution is -2.28. The molecule has 2 aromatic heterocycles. The van der Waals surface area contributed by atoms with Crippen molar-refractivity contribution in [3.05, 3.63) is 35.9 Å². The van der Waals surface area contributed by atoms with Crippen LogP contribution in [0.25, 0.3) is 0 Å². The van der Waals surface area contributed by atoms with Gasteiger partial charge in [-0.05, 0) is 19.1 Å². The minimum atomic E-state index is -0.0417. The Bertz CT molecular complexity index is 542. The second kappa shape index (κ2) is 5.03. The molecule has 0 saturated carbocycles. The molecule has 0 fully saturated rings. The molecular formula is C12H17N5O. The first-order valence-electron chi connectivity index (χ1n) is 5.87. The fourth-order valence-electron chi connectivity index (χ4n) is 1.82. The SMILES string of the molecule is CCn1nccc1C(=O)N(C)Cc1ccn(C)n1. The molecule has 0 bridgehead atoms. The lowest BCUT2D eigenvalue weighted by Gasteiger charge is -2.16. The molecule has 2 heterocycles. The summed E-state index contributed by atoms with van der Waals surface area (Å²) in [6.07, 6.45) is 3.51. The molecule has 6 heteroatoms. The third kappa shape index (κ3) is 2.42. The van der Waals surface area contributed by atoms with Crippen LogP contribution < -0.4 is 0 Å². The van der Waals surface area contributed by atoms with Crippen molar-refractivity contribution in [2.75, 3.05) is 7.05 Å². The highest BCUT2D eigenvalue weighted by Crippen LogP contribution is 2.06. The van der Waals surface area contributed by atoms with Crippen molar-refractivity contribution in [2.45, 2.75) is 20.0 Å². The highest BCUT2D eigenvalue weighted by atomic mass is 16.2. The van der Waals surface area contributed by atoms with Gasteiger partial charge in [-0.15, -0.1) is 0 Å². The van der Waals surface area contributed by atoms with Crippen LogP contribution in [0.4, 0.5) is 0 Å². The van der Waals surface area contributed by atoms with Gasteiger partial charge in [0.1, 0.15) is 5.69 Å². The maximum Gasteiger partial charge on any atom is 0.272 e. The standard InChI is InChI=1S/C12H17N5O/c1-4-17-11(5-7-13-17)12(18)15(2)9-10-6-8-16(3)14-10/h5-8H,4,9H2,1-3H3. The first kappa shape index (κ1) is 12.3. The Morgan fingerprint density at radius 2 is 2.22 bits per heavy atom.